The number of nitrogens with zero attached hydrogens (tertiary/aromatic N) is 1. The van der Waals surface area contributed by atoms with Crippen LogP contribution in [0.1, 0.15) is 29.9 Å². The Balaban J connectivity index is 1.67. The fourth-order valence-corrected chi connectivity index (χ4v) is 5.03. The predicted molar refractivity (Wildman–Crippen MR) is 101 cm³/mol. The molecule has 6 rings (SSSR count). The SMILES string of the molecule is OC1C2CCN(CC2)C1C(c1ccccc1)c1c[nH]c2ccccc12. The van der Waals surface area contributed by atoms with Crippen LogP contribution in [0, 0.1) is 5.92 Å². The number of aromatic nitrogens is 1. The summed E-state index contributed by atoms with van der Waals surface area (Å²) in [5.74, 6) is 0.641. The lowest BCUT2D eigenvalue weighted by atomic mass is 9.72. The van der Waals surface area contributed by atoms with Crippen LogP contribution in [0.15, 0.2) is 60.8 Å². The van der Waals surface area contributed by atoms with Gasteiger partial charge in [0.25, 0.3) is 0 Å². The summed E-state index contributed by atoms with van der Waals surface area (Å²) < 4.78 is 0. The summed E-state index contributed by atoms with van der Waals surface area (Å²) >= 11 is 0. The second-order valence-electron chi connectivity index (χ2n) is 7.53. The van der Waals surface area contributed by atoms with Gasteiger partial charge in [0.15, 0.2) is 0 Å². The number of piperidine rings is 3. The van der Waals surface area contributed by atoms with Crippen LogP contribution in [0.2, 0.25) is 0 Å². The number of rotatable bonds is 3. The summed E-state index contributed by atoms with van der Waals surface area (Å²) in [6, 6.07) is 19.4. The number of hydrogen-bond acceptors (Lipinski definition) is 2. The van der Waals surface area contributed by atoms with Crippen LogP contribution < -0.4 is 0 Å². The van der Waals surface area contributed by atoms with E-state index < -0.39 is 0 Å². The Bertz CT molecular complexity index is 862. The molecule has 2 bridgehead atoms. The van der Waals surface area contributed by atoms with Crippen molar-refractivity contribution in [2.75, 3.05) is 13.1 Å². The smallest absolute Gasteiger partial charge is 0.0733 e. The van der Waals surface area contributed by atoms with E-state index in [-0.39, 0.29) is 18.1 Å². The third kappa shape index (κ3) is 2.42. The molecule has 2 N–H and O–H groups in total. The lowest BCUT2D eigenvalue weighted by Crippen LogP contribution is -2.60. The average Bonchev–Trinajstić information content (AvgIpc) is 3.10. The van der Waals surface area contributed by atoms with Gasteiger partial charge >= 0.3 is 0 Å². The number of aliphatic hydroxyl groups is 1. The van der Waals surface area contributed by atoms with Crippen molar-refractivity contribution in [3.8, 4) is 0 Å². The Hall–Kier alpha value is -2.10. The van der Waals surface area contributed by atoms with Crippen LogP contribution in [-0.4, -0.2) is 40.2 Å². The number of fused-ring (bicyclic) bond motifs is 4. The van der Waals surface area contributed by atoms with Crippen LogP contribution in [0.5, 0.6) is 0 Å². The minimum absolute atomic E-state index is 0.161. The van der Waals surface area contributed by atoms with E-state index in [1.807, 2.05) is 0 Å². The first-order chi connectivity index (χ1) is 12.3. The molecule has 3 saturated heterocycles. The van der Waals surface area contributed by atoms with Crippen molar-refractivity contribution in [3.05, 3.63) is 71.9 Å². The summed E-state index contributed by atoms with van der Waals surface area (Å²) in [4.78, 5) is 5.95. The zero-order valence-corrected chi connectivity index (χ0v) is 14.3. The number of nitrogens with one attached hydrogen (secondary N) is 1. The van der Waals surface area contributed by atoms with Crippen molar-refractivity contribution in [3.63, 3.8) is 0 Å². The van der Waals surface area contributed by atoms with Crippen molar-refractivity contribution in [1.82, 2.24) is 9.88 Å². The van der Waals surface area contributed by atoms with E-state index in [1.165, 1.54) is 22.0 Å². The zero-order valence-electron chi connectivity index (χ0n) is 14.3. The second kappa shape index (κ2) is 6.01. The highest BCUT2D eigenvalue weighted by Gasteiger charge is 2.46. The number of hydrogen-bond donors (Lipinski definition) is 2. The lowest BCUT2D eigenvalue weighted by molar-refractivity contribution is -0.0773. The molecule has 0 amide bonds. The maximum Gasteiger partial charge on any atom is 0.0733 e. The van der Waals surface area contributed by atoms with E-state index in [0.717, 1.165) is 25.9 Å². The molecule has 3 aliphatic heterocycles. The van der Waals surface area contributed by atoms with Gasteiger partial charge in [0.1, 0.15) is 0 Å². The number of H-pyrrole nitrogens is 1. The highest BCUT2D eigenvalue weighted by molar-refractivity contribution is 5.84. The molecule has 3 aromatic rings. The minimum Gasteiger partial charge on any atom is -0.391 e. The standard InChI is InChI=1S/C22H24N2O/c25-22-16-10-12-24(13-11-16)21(22)20(15-6-2-1-3-7-15)18-14-23-19-9-5-4-8-17(18)19/h1-9,14,16,20-23,25H,10-13H2. The largest absolute Gasteiger partial charge is 0.391 e. The Labute approximate surface area is 148 Å². The highest BCUT2D eigenvalue weighted by atomic mass is 16.3. The quantitative estimate of drug-likeness (QED) is 0.767. The second-order valence-corrected chi connectivity index (χ2v) is 7.53. The predicted octanol–water partition coefficient (Wildman–Crippen LogP) is 3.75. The van der Waals surface area contributed by atoms with Gasteiger partial charge in [-0.3, -0.25) is 4.90 Å². The van der Waals surface area contributed by atoms with Crippen molar-refractivity contribution in [1.29, 1.82) is 0 Å². The molecule has 3 aliphatic rings. The molecule has 3 fully saturated rings. The molecular formula is C22H24N2O. The van der Waals surface area contributed by atoms with Gasteiger partial charge < -0.3 is 10.1 Å². The van der Waals surface area contributed by atoms with E-state index in [4.69, 9.17) is 0 Å². The summed E-state index contributed by atoms with van der Waals surface area (Å²) in [7, 11) is 0. The maximum absolute atomic E-state index is 11.1. The fraction of sp³-hybridized carbons (Fsp3) is 0.364. The van der Waals surface area contributed by atoms with Gasteiger partial charge in [0.05, 0.1) is 6.10 Å². The molecule has 0 saturated carbocycles. The Morgan fingerprint density at radius 2 is 1.68 bits per heavy atom. The van der Waals surface area contributed by atoms with Gasteiger partial charge in [-0.05, 0) is 49.0 Å². The highest BCUT2D eigenvalue weighted by Crippen LogP contribution is 2.43. The molecule has 128 valence electrons. The maximum atomic E-state index is 11.1. The Kier molecular flexibility index (Phi) is 3.65. The number of aliphatic hydroxyl groups excluding tert-OH is 1. The van der Waals surface area contributed by atoms with Crippen molar-refractivity contribution >= 4 is 10.9 Å². The van der Waals surface area contributed by atoms with Crippen LogP contribution in [0.25, 0.3) is 10.9 Å². The van der Waals surface area contributed by atoms with Gasteiger partial charge in [-0.2, -0.15) is 0 Å². The molecule has 0 radical (unpaired) electrons. The molecule has 0 aliphatic carbocycles. The van der Waals surface area contributed by atoms with E-state index in [0.29, 0.717) is 5.92 Å². The van der Waals surface area contributed by atoms with Gasteiger partial charge in [-0.1, -0.05) is 48.5 Å². The lowest BCUT2D eigenvalue weighted by Gasteiger charge is -2.51. The van der Waals surface area contributed by atoms with Gasteiger partial charge in [-0.25, -0.2) is 0 Å². The van der Waals surface area contributed by atoms with E-state index in [9.17, 15) is 5.11 Å². The molecule has 0 spiro atoms. The van der Waals surface area contributed by atoms with Crippen molar-refractivity contribution < 1.29 is 5.11 Å². The van der Waals surface area contributed by atoms with Crippen LogP contribution in [-0.2, 0) is 0 Å². The third-order valence-corrected chi connectivity index (χ3v) is 6.29. The average molecular weight is 332 g/mol. The van der Waals surface area contributed by atoms with Crippen molar-refractivity contribution in [2.45, 2.75) is 30.9 Å². The van der Waals surface area contributed by atoms with Crippen LogP contribution >= 0.6 is 0 Å². The first kappa shape index (κ1) is 15.2. The third-order valence-electron chi connectivity index (χ3n) is 6.29. The first-order valence-corrected chi connectivity index (χ1v) is 9.36. The van der Waals surface area contributed by atoms with E-state index in [2.05, 4.69) is 70.7 Å². The van der Waals surface area contributed by atoms with Gasteiger partial charge in [0.2, 0.25) is 0 Å². The number of benzene rings is 2. The van der Waals surface area contributed by atoms with Gasteiger partial charge in [0, 0.05) is 29.1 Å². The summed E-state index contributed by atoms with van der Waals surface area (Å²) in [5.41, 5.74) is 3.77. The Morgan fingerprint density at radius 1 is 0.960 bits per heavy atom. The van der Waals surface area contributed by atoms with Gasteiger partial charge in [-0.15, -0.1) is 0 Å². The first-order valence-electron chi connectivity index (χ1n) is 9.36. The topological polar surface area (TPSA) is 39.3 Å². The Morgan fingerprint density at radius 3 is 2.44 bits per heavy atom. The molecule has 25 heavy (non-hydrogen) atoms. The molecule has 4 heterocycles. The molecule has 3 heteroatoms. The monoisotopic (exact) mass is 332 g/mol. The molecule has 2 aromatic carbocycles. The number of aromatic amines is 1. The van der Waals surface area contributed by atoms with Crippen LogP contribution in [0.3, 0.4) is 0 Å². The minimum atomic E-state index is -0.249. The normalized spacial score (nSPS) is 29.8. The molecule has 3 atom stereocenters. The molecular weight excluding hydrogens is 308 g/mol. The fourth-order valence-electron chi connectivity index (χ4n) is 5.03. The summed E-state index contributed by atoms with van der Waals surface area (Å²) in [5, 5.41) is 12.4. The molecule has 3 nitrogen and oxygen atoms in total. The molecule has 3 unspecified atom stereocenters. The van der Waals surface area contributed by atoms with E-state index in [1.54, 1.807) is 0 Å². The van der Waals surface area contributed by atoms with Crippen LogP contribution in [0.4, 0.5) is 0 Å². The zero-order chi connectivity index (χ0) is 16.8. The summed E-state index contributed by atoms with van der Waals surface area (Å²) in [6.07, 6.45) is 4.17. The number of para-hydroxylation sites is 1. The summed E-state index contributed by atoms with van der Waals surface area (Å²) in [6.45, 7) is 2.22. The van der Waals surface area contributed by atoms with Crippen molar-refractivity contribution in [2.24, 2.45) is 5.92 Å². The molecule has 1 aromatic heterocycles. The van der Waals surface area contributed by atoms with E-state index >= 15 is 0 Å².